The normalized spacial score (nSPS) is 11.9. The number of rotatable bonds is 5. The van der Waals surface area contributed by atoms with Crippen LogP contribution in [0.5, 0.6) is 0 Å². The molecule has 5 aromatic rings. The highest BCUT2D eigenvalue weighted by molar-refractivity contribution is 7.91. The first-order chi connectivity index (χ1) is 16.2. The monoisotopic (exact) mass is 492 g/mol. The lowest BCUT2D eigenvalue weighted by atomic mass is 10.2. The zero-order valence-corrected chi connectivity index (χ0v) is 20.0. The number of nitrogens with one attached hydrogen (secondary N) is 3. The molecule has 9 heteroatoms. The van der Waals surface area contributed by atoms with E-state index < -0.39 is 15.7 Å². The summed E-state index contributed by atoms with van der Waals surface area (Å²) in [5.74, 6) is -0.547. The Hall–Kier alpha value is -3.62. The minimum Gasteiger partial charge on any atom is -0.349 e. The van der Waals surface area contributed by atoms with Gasteiger partial charge in [-0.15, -0.1) is 0 Å². The van der Waals surface area contributed by atoms with Crippen LogP contribution in [0.3, 0.4) is 0 Å². The highest BCUT2D eigenvalue weighted by Gasteiger charge is 2.30. The molecule has 3 N–H and O–H groups in total. The van der Waals surface area contributed by atoms with Crippen molar-refractivity contribution in [3.63, 3.8) is 0 Å². The largest absolute Gasteiger partial charge is 0.349 e. The number of halogens is 1. The second-order valence-corrected chi connectivity index (χ2v) is 10.6. The lowest BCUT2D eigenvalue weighted by Gasteiger charge is -2.10. The molecule has 3 aromatic carbocycles. The van der Waals surface area contributed by atoms with E-state index in [1.54, 1.807) is 30.3 Å². The Morgan fingerprint density at radius 1 is 1.00 bits per heavy atom. The van der Waals surface area contributed by atoms with Crippen molar-refractivity contribution >= 4 is 49.2 Å². The molecule has 0 atom stereocenters. The maximum Gasteiger partial charge on any atom is 0.269 e. The van der Waals surface area contributed by atoms with Crippen molar-refractivity contribution in [1.29, 1.82) is 0 Å². The van der Waals surface area contributed by atoms with Gasteiger partial charge in [-0.2, -0.15) is 5.10 Å². The van der Waals surface area contributed by atoms with Crippen LogP contribution in [0.25, 0.3) is 21.8 Å². The highest BCUT2D eigenvalue weighted by Crippen LogP contribution is 2.34. The van der Waals surface area contributed by atoms with Gasteiger partial charge in [-0.3, -0.25) is 9.89 Å². The zero-order valence-electron chi connectivity index (χ0n) is 18.4. The maximum absolute atomic E-state index is 13.8. The summed E-state index contributed by atoms with van der Waals surface area (Å²) in [7, 11) is -4.04. The standard InChI is InChI=1S/C25H21ClN4O3S/c1-14-9-15(2)11-17(10-14)34(32,33)24-19-12-16(26)7-8-20(19)28-23(24)25(31)27-13-22-18-5-3-4-6-21(18)29-30-22/h3-12,28H,13H2,1-2H3,(H,27,31)(H,29,30). The van der Waals surface area contributed by atoms with Crippen LogP contribution in [0.15, 0.2) is 70.5 Å². The minimum absolute atomic E-state index is 0.0414. The van der Waals surface area contributed by atoms with Crippen molar-refractivity contribution in [1.82, 2.24) is 20.5 Å². The summed E-state index contributed by atoms with van der Waals surface area (Å²) in [4.78, 5) is 16.3. The summed E-state index contributed by atoms with van der Waals surface area (Å²) in [5.41, 5.74) is 3.60. The molecule has 0 spiro atoms. The van der Waals surface area contributed by atoms with Gasteiger partial charge in [0.05, 0.1) is 22.7 Å². The minimum atomic E-state index is -4.04. The van der Waals surface area contributed by atoms with Crippen LogP contribution in [0, 0.1) is 13.8 Å². The second-order valence-electron chi connectivity index (χ2n) is 8.25. The number of para-hydroxylation sites is 1. The number of hydrogen-bond acceptors (Lipinski definition) is 4. The summed E-state index contributed by atoms with van der Waals surface area (Å²) in [6.45, 7) is 3.82. The molecule has 0 aliphatic carbocycles. The van der Waals surface area contributed by atoms with Gasteiger partial charge in [0.15, 0.2) is 0 Å². The number of nitrogens with zero attached hydrogens (tertiary/aromatic N) is 1. The van der Waals surface area contributed by atoms with Gasteiger partial charge in [0.1, 0.15) is 10.6 Å². The number of H-pyrrole nitrogens is 2. The Bertz CT molecular complexity index is 1670. The van der Waals surface area contributed by atoms with E-state index in [9.17, 15) is 13.2 Å². The van der Waals surface area contributed by atoms with Crippen molar-refractivity contribution in [2.75, 3.05) is 0 Å². The third-order valence-electron chi connectivity index (χ3n) is 5.68. The molecule has 0 aliphatic heterocycles. The average molecular weight is 493 g/mol. The molecule has 0 bridgehead atoms. The lowest BCUT2D eigenvalue weighted by Crippen LogP contribution is -2.25. The number of carbonyl (C=O) groups is 1. The van der Waals surface area contributed by atoms with Crippen molar-refractivity contribution in [2.24, 2.45) is 0 Å². The van der Waals surface area contributed by atoms with Gasteiger partial charge in [-0.05, 0) is 61.4 Å². The number of sulfone groups is 1. The molecule has 34 heavy (non-hydrogen) atoms. The summed E-state index contributed by atoms with van der Waals surface area (Å²) in [6, 6.07) is 17.5. The molecule has 2 aromatic heterocycles. The van der Waals surface area contributed by atoms with E-state index in [-0.39, 0.29) is 22.0 Å². The SMILES string of the molecule is Cc1cc(C)cc(S(=O)(=O)c2c(C(=O)NCc3[nH]nc4ccccc34)[nH]c3ccc(Cl)cc23)c1. The number of benzene rings is 3. The number of amides is 1. The van der Waals surface area contributed by atoms with Crippen molar-refractivity contribution in [3.8, 4) is 0 Å². The first-order valence-corrected chi connectivity index (χ1v) is 12.4. The van der Waals surface area contributed by atoms with E-state index in [2.05, 4.69) is 20.5 Å². The number of aromatic amines is 2. The summed E-state index contributed by atoms with van der Waals surface area (Å²) >= 11 is 6.19. The number of fused-ring (bicyclic) bond motifs is 2. The lowest BCUT2D eigenvalue weighted by molar-refractivity contribution is 0.0943. The fraction of sp³-hybridized carbons (Fsp3) is 0.120. The molecule has 7 nitrogen and oxygen atoms in total. The Balaban J connectivity index is 1.60. The average Bonchev–Trinajstić information content (AvgIpc) is 3.38. The fourth-order valence-corrected chi connectivity index (χ4v) is 6.15. The number of aromatic nitrogens is 3. The summed E-state index contributed by atoms with van der Waals surface area (Å²) in [5, 5.41) is 11.6. The first kappa shape index (κ1) is 22.2. The highest BCUT2D eigenvalue weighted by atomic mass is 35.5. The van der Waals surface area contributed by atoms with E-state index in [0.717, 1.165) is 27.7 Å². The third-order valence-corrected chi connectivity index (χ3v) is 7.73. The van der Waals surface area contributed by atoms with Crippen LogP contribution in [-0.4, -0.2) is 29.5 Å². The number of aryl methyl sites for hydroxylation is 2. The Labute approximate surface area is 201 Å². The van der Waals surface area contributed by atoms with Crippen LogP contribution in [0.2, 0.25) is 5.02 Å². The Kier molecular flexibility index (Phi) is 5.42. The smallest absolute Gasteiger partial charge is 0.269 e. The molecular weight excluding hydrogens is 472 g/mol. The topological polar surface area (TPSA) is 108 Å². The van der Waals surface area contributed by atoms with Crippen LogP contribution >= 0.6 is 11.6 Å². The second kappa shape index (κ2) is 8.30. The predicted molar refractivity (Wildman–Crippen MR) is 132 cm³/mol. The van der Waals surface area contributed by atoms with Gasteiger partial charge in [0, 0.05) is 21.3 Å². The van der Waals surface area contributed by atoms with Crippen LogP contribution in [0.1, 0.15) is 27.3 Å². The predicted octanol–water partition coefficient (Wildman–Crippen LogP) is 5.08. The van der Waals surface area contributed by atoms with Gasteiger partial charge >= 0.3 is 0 Å². The molecule has 0 unspecified atom stereocenters. The molecule has 0 radical (unpaired) electrons. The maximum atomic E-state index is 13.8. The molecule has 0 saturated heterocycles. The van der Waals surface area contributed by atoms with Crippen LogP contribution < -0.4 is 5.32 Å². The summed E-state index contributed by atoms with van der Waals surface area (Å²) in [6.07, 6.45) is 0. The van der Waals surface area contributed by atoms with E-state index >= 15 is 0 Å². The van der Waals surface area contributed by atoms with E-state index in [4.69, 9.17) is 11.6 Å². The molecule has 0 fully saturated rings. The van der Waals surface area contributed by atoms with Gasteiger partial charge < -0.3 is 10.3 Å². The summed E-state index contributed by atoms with van der Waals surface area (Å²) < 4.78 is 27.6. The van der Waals surface area contributed by atoms with Gasteiger partial charge in [0.25, 0.3) is 5.91 Å². The molecule has 0 aliphatic rings. The zero-order chi connectivity index (χ0) is 24.0. The molecule has 2 heterocycles. The van der Waals surface area contributed by atoms with E-state index in [1.807, 2.05) is 44.2 Å². The van der Waals surface area contributed by atoms with Gasteiger partial charge in [-0.25, -0.2) is 8.42 Å². The Morgan fingerprint density at radius 3 is 2.50 bits per heavy atom. The van der Waals surface area contributed by atoms with Crippen molar-refractivity contribution in [3.05, 3.63) is 88.2 Å². The first-order valence-electron chi connectivity index (χ1n) is 10.6. The van der Waals surface area contributed by atoms with Gasteiger partial charge in [0.2, 0.25) is 9.84 Å². The molecule has 172 valence electrons. The van der Waals surface area contributed by atoms with Crippen molar-refractivity contribution in [2.45, 2.75) is 30.2 Å². The molecular formula is C25H21ClN4O3S. The molecule has 5 rings (SSSR count). The van der Waals surface area contributed by atoms with Crippen LogP contribution in [0.4, 0.5) is 0 Å². The van der Waals surface area contributed by atoms with Gasteiger partial charge in [-0.1, -0.05) is 35.9 Å². The number of hydrogen-bond donors (Lipinski definition) is 3. The fourth-order valence-electron chi connectivity index (χ4n) is 4.19. The van der Waals surface area contributed by atoms with Crippen LogP contribution in [-0.2, 0) is 16.4 Å². The molecule has 1 amide bonds. The van der Waals surface area contributed by atoms with E-state index in [1.165, 1.54) is 0 Å². The quantitative estimate of drug-likeness (QED) is 0.318. The number of carbonyl (C=O) groups excluding carboxylic acids is 1. The van der Waals surface area contributed by atoms with Crippen molar-refractivity contribution < 1.29 is 13.2 Å². The Morgan fingerprint density at radius 2 is 1.74 bits per heavy atom. The molecule has 0 saturated carbocycles. The third kappa shape index (κ3) is 3.85. The van der Waals surface area contributed by atoms with E-state index in [0.29, 0.717) is 15.9 Å².